The van der Waals surface area contributed by atoms with E-state index in [4.69, 9.17) is 16.3 Å². The number of halogens is 1. The van der Waals surface area contributed by atoms with E-state index in [0.717, 1.165) is 6.42 Å². The first-order valence-electron chi connectivity index (χ1n) is 6.74. The van der Waals surface area contributed by atoms with Gasteiger partial charge in [-0.15, -0.1) is 0 Å². The molecule has 0 aliphatic heterocycles. The highest BCUT2D eigenvalue weighted by molar-refractivity contribution is 7.89. The average Bonchev–Trinajstić information content (AvgIpc) is 2.95. The van der Waals surface area contributed by atoms with Crippen molar-refractivity contribution in [1.82, 2.24) is 10.0 Å². The van der Waals surface area contributed by atoms with Crippen molar-refractivity contribution in [2.24, 2.45) is 5.41 Å². The SMILES string of the molecule is CNCc1cc(Cl)cc(S(=O)(=O)NC2CC2(C)C)c1OC. The van der Waals surface area contributed by atoms with E-state index < -0.39 is 10.0 Å². The van der Waals surface area contributed by atoms with Gasteiger partial charge < -0.3 is 10.1 Å². The highest BCUT2D eigenvalue weighted by atomic mass is 35.5. The Morgan fingerprint density at radius 2 is 2.05 bits per heavy atom. The molecule has 1 aliphatic carbocycles. The summed E-state index contributed by atoms with van der Waals surface area (Å²) in [5.74, 6) is 0.333. The Hall–Kier alpha value is -0.820. The second-order valence-corrected chi connectivity index (χ2v) is 8.11. The Kier molecular flexibility index (Phi) is 4.54. The van der Waals surface area contributed by atoms with Crippen molar-refractivity contribution in [3.63, 3.8) is 0 Å². The molecule has 7 heteroatoms. The van der Waals surface area contributed by atoms with Crippen LogP contribution in [0.5, 0.6) is 5.75 Å². The van der Waals surface area contributed by atoms with Crippen molar-refractivity contribution >= 4 is 21.6 Å². The zero-order chi connectivity index (χ0) is 15.8. The molecule has 1 aromatic rings. The number of hydrogen-bond acceptors (Lipinski definition) is 4. The minimum absolute atomic E-state index is 0.00663. The van der Waals surface area contributed by atoms with Gasteiger partial charge in [0.05, 0.1) is 7.11 Å². The number of sulfonamides is 1. The summed E-state index contributed by atoms with van der Waals surface area (Å²) in [5.41, 5.74) is 0.718. The number of methoxy groups -OCH3 is 1. The molecule has 0 amide bonds. The normalized spacial score (nSPS) is 20.3. The van der Waals surface area contributed by atoms with Crippen molar-refractivity contribution in [1.29, 1.82) is 0 Å². The summed E-state index contributed by atoms with van der Waals surface area (Å²) >= 11 is 6.05. The maximum Gasteiger partial charge on any atom is 0.244 e. The molecule has 1 aromatic carbocycles. The zero-order valence-electron chi connectivity index (χ0n) is 12.7. The van der Waals surface area contributed by atoms with E-state index in [-0.39, 0.29) is 16.4 Å². The van der Waals surface area contributed by atoms with Crippen LogP contribution in [-0.4, -0.2) is 28.6 Å². The standard InChI is InChI=1S/C14H21ClN2O3S/c1-14(2)7-12(14)17-21(18,19)11-6-10(15)5-9(8-16-3)13(11)20-4/h5-6,12,16-17H,7-8H2,1-4H3. The van der Waals surface area contributed by atoms with Crippen LogP contribution in [0.25, 0.3) is 0 Å². The molecule has 5 nitrogen and oxygen atoms in total. The smallest absolute Gasteiger partial charge is 0.244 e. The zero-order valence-corrected chi connectivity index (χ0v) is 14.2. The van der Waals surface area contributed by atoms with Gasteiger partial charge in [-0.2, -0.15) is 0 Å². The monoisotopic (exact) mass is 332 g/mol. The Bertz CT molecular complexity index is 644. The molecule has 21 heavy (non-hydrogen) atoms. The van der Waals surface area contributed by atoms with Gasteiger partial charge in [0.15, 0.2) is 0 Å². The number of benzene rings is 1. The lowest BCUT2D eigenvalue weighted by molar-refractivity contribution is 0.395. The first-order chi connectivity index (χ1) is 9.71. The molecule has 0 aromatic heterocycles. The lowest BCUT2D eigenvalue weighted by Gasteiger charge is -2.15. The molecule has 118 valence electrons. The topological polar surface area (TPSA) is 67.4 Å². The van der Waals surface area contributed by atoms with Crippen molar-refractivity contribution in [2.45, 2.75) is 37.8 Å². The third kappa shape index (κ3) is 3.51. The van der Waals surface area contributed by atoms with E-state index in [9.17, 15) is 8.42 Å². The van der Waals surface area contributed by atoms with E-state index in [2.05, 4.69) is 10.0 Å². The largest absolute Gasteiger partial charge is 0.495 e. The molecule has 0 saturated heterocycles. The van der Waals surface area contributed by atoms with Crippen LogP contribution < -0.4 is 14.8 Å². The molecule has 0 heterocycles. The minimum Gasteiger partial charge on any atom is -0.495 e. The number of hydrogen-bond donors (Lipinski definition) is 2. The van der Waals surface area contributed by atoms with Gasteiger partial charge in [0.2, 0.25) is 10.0 Å². The van der Waals surface area contributed by atoms with Gasteiger partial charge in [0.1, 0.15) is 10.6 Å². The Balaban J connectivity index is 2.42. The maximum atomic E-state index is 12.6. The maximum absolute atomic E-state index is 12.6. The van der Waals surface area contributed by atoms with Crippen LogP contribution in [0.3, 0.4) is 0 Å². The van der Waals surface area contributed by atoms with Crippen LogP contribution in [0.1, 0.15) is 25.8 Å². The number of nitrogens with one attached hydrogen (secondary N) is 2. The lowest BCUT2D eigenvalue weighted by Crippen LogP contribution is -2.29. The second kappa shape index (κ2) is 5.76. The fraction of sp³-hybridized carbons (Fsp3) is 0.571. The first-order valence-corrected chi connectivity index (χ1v) is 8.61. The van der Waals surface area contributed by atoms with Crippen molar-refractivity contribution in [3.8, 4) is 5.75 Å². The molecule has 1 fully saturated rings. The summed E-state index contributed by atoms with van der Waals surface area (Å²) < 4.78 is 33.2. The molecule has 0 bridgehead atoms. The van der Waals surface area contributed by atoms with Crippen LogP contribution in [0.2, 0.25) is 5.02 Å². The summed E-state index contributed by atoms with van der Waals surface area (Å²) in [6.45, 7) is 4.53. The van der Waals surface area contributed by atoms with E-state index in [1.54, 1.807) is 13.1 Å². The molecular formula is C14H21ClN2O3S. The third-order valence-electron chi connectivity index (χ3n) is 3.77. The molecule has 2 rings (SSSR count). The quantitative estimate of drug-likeness (QED) is 0.837. The summed E-state index contributed by atoms with van der Waals surface area (Å²) in [4.78, 5) is 0.0884. The fourth-order valence-electron chi connectivity index (χ4n) is 2.29. The predicted octanol–water partition coefficient (Wildman–Crippen LogP) is 2.14. The molecule has 1 aliphatic rings. The molecule has 1 atom stereocenters. The van der Waals surface area contributed by atoms with Gasteiger partial charge in [-0.05, 0) is 31.0 Å². The van der Waals surface area contributed by atoms with E-state index in [0.29, 0.717) is 22.9 Å². The van der Waals surface area contributed by atoms with Crippen molar-refractivity contribution in [2.75, 3.05) is 14.2 Å². The van der Waals surface area contributed by atoms with Gasteiger partial charge in [-0.3, -0.25) is 0 Å². The molecule has 2 N–H and O–H groups in total. The summed E-state index contributed by atoms with van der Waals surface area (Å²) in [6, 6.07) is 3.09. The summed E-state index contributed by atoms with van der Waals surface area (Å²) in [6.07, 6.45) is 0.832. The van der Waals surface area contributed by atoms with E-state index >= 15 is 0 Å². The van der Waals surface area contributed by atoms with Crippen molar-refractivity contribution in [3.05, 3.63) is 22.7 Å². The minimum atomic E-state index is -3.66. The van der Waals surface area contributed by atoms with Gasteiger partial charge in [0, 0.05) is 23.2 Å². The molecule has 0 spiro atoms. The first kappa shape index (κ1) is 16.5. The van der Waals surface area contributed by atoms with E-state index in [1.807, 2.05) is 13.8 Å². The number of ether oxygens (including phenoxy) is 1. The Morgan fingerprint density at radius 3 is 2.52 bits per heavy atom. The van der Waals surface area contributed by atoms with Crippen LogP contribution in [0, 0.1) is 5.41 Å². The average molecular weight is 333 g/mol. The summed E-state index contributed by atoms with van der Waals surface area (Å²) in [7, 11) is -0.423. The van der Waals surface area contributed by atoms with Crippen LogP contribution in [0.4, 0.5) is 0 Å². The second-order valence-electron chi connectivity index (χ2n) is 5.99. The molecular weight excluding hydrogens is 312 g/mol. The lowest BCUT2D eigenvalue weighted by atomic mass is 10.2. The van der Waals surface area contributed by atoms with Crippen LogP contribution in [-0.2, 0) is 16.6 Å². The van der Waals surface area contributed by atoms with Crippen LogP contribution >= 0.6 is 11.6 Å². The van der Waals surface area contributed by atoms with E-state index in [1.165, 1.54) is 13.2 Å². The van der Waals surface area contributed by atoms with Crippen molar-refractivity contribution < 1.29 is 13.2 Å². The third-order valence-corrected chi connectivity index (χ3v) is 5.46. The van der Waals surface area contributed by atoms with Gasteiger partial charge in [-0.25, -0.2) is 13.1 Å². The Morgan fingerprint density at radius 1 is 1.43 bits per heavy atom. The highest BCUT2D eigenvalue weighted by Crippen LogP contribution is 2.45. The molecule has 1 saturated carbocycles. The van der Waals surface area contributed by atoms with Gasteiger partial charge >= 0.3 is 0 Å². The molecule has 0 radical (unpaired) electrons. The fourth-order valence-corrected chi connectivity index (χ4v) is 4.24. The van der Waals surface area contributed by atoms with Gasteiger partial charge in [0.25, 0.3) is 0 Å². The van der Waals surface area contributed by atoms with Gasteiger partial charge in [-0.1, -0.05) is 25.4 Å². The number of rotatable bonds is 6. The predicted molar refractivity (Wildman–Crippen MR) is 83.3 cm³/mol. The van der Waals surface area contributed by atoms with Crippen LogP contribution in [0.15, 0.2) is 17.0 Å². The molecule has 1 unspecified atom stereocenters. The highest BCUT2D eigenvalue weighted by Gasteiger charge is 2.48. The summed E-state index contributed by atoms with van der Waals surface area (Å²) in [5, 5.41) is 3.35. The Labute approximate surface area is 131 Å².